The molecule has 0 amide bonds. The third-order valence-corrected chi connectivity index (χ3v) is 9.48. The van der Waals surface area contributed by atoms with Crippen molar-refractivity contribution in [3.63, 3.8) is 0 Å². The van der Waals surface area contributed by atoms with E-state index in [0.717, 1.165) is 27.9 Å². The Balaban J connectivity index is 0.000000187. The fourth-order valence-corrected chi connectivity index (χ4v) is 5.57. The maximum Gasteiger partial charge on any atom is 0.277 e. The fraction of sp³-hybridized carbons (Fsp3) is 0.171. The number of aromatic nitrogens is 8. The number of nitrogens with one attached hydrogen (secondary N) is 2. The van der Waals surface area contributed by atoms with E-state index < -0.39 is 0 Å². The van der Waals surface area contributed by atoms with Gasteiger partial charge in [0.15, 0.2) is 0 Å². The van der Waals surface area contributed by atoms with Crippen LogP contribution in [0.4, 0.5) is 11.6 Å². The molecule has 300 valence electrons. The molecule has 3 aromatic carbocycles. The number of hydrogen-bond acceptors (Lipinski definition) is 9. The van der Waals surface area contributed by atoms with Crippen LogP contribution < -0.4 is 22.0 Å². The van der Waals surface area contributed by atoms with Gasteiger partial charge in [-0.2, -0.15) is 9.97 Å². The first-order valence-corrected chi connectivity index (χ1v) is 19.3. The second kappa shape index (κ2) is 22.0. The molecule has 0 aliphatic carbocycles. The molecule has 0 saturated carbocycles. The largest absolute Gasteiger partial charge is 0.325 e. The van der Waals surface area contributed by atoms with Crippen molar-refractivity contribution < 1.29 is 0 Å². The summed E-state index contributed by atoms with van der Waals surface area (Å²) in [5.74, 6) is 0.500. The number of hydrogen-bond donors (Lipinski definition) is 2. The van der Waals surface area contributed by atoms with Crippen molar-refractivity contribution in [3.8, 4) is 0 Å². The monoisotopic (exact) mass is 879 g/mol. The highest BCUT2D eigenvalue weighted by atomic mass is 35.5. The minimum absolute atomic E-state index is 0.130. The lowest BCUT2D eigenvalue weighted by Crippen LogP contribution is -2.19. The molecule has 58 heavy (non-hydrogen) atoms. The van der Waals surface area contributed by atoms with E-state index in [4.69, 9.17) is 58.0 Å². The zero-order valence-electron chi connectivity index (χ0n) is 32.0. The molecule has 0 aliphatic heterocycles. The lowest BCUT2D eigenvalue weighted by molar-refractivity contribution is 0.754. The molecule has 0 aliphatic rings. The molecule has 12 nitrogen and oxygen atoms in total. The summed E-state index contributed by atoms with van der Waals surface area (Å²) >= 11 is 28.4. The third kappa shape index (κ3) is 13.9. The summed E-state index contributed by atoms with van der Waals surface area (Å²) in [7, 11) is 0. The van der Waals surface area contributed by atoms with Gasteiger partial charge < -0.3 is 14.5 Å². The lowest BCUT2D eigenvalue weighted by atomic mass is 10.2. The Bertz CT molecular complexity index is 2640. The summed E-state index contributed by atoms with van der Waals surface area (Å²) in [5.41, 5.74) is 5.92. The fourth-order valence-electron chi connectivity index (χ4n) is 4.77. The van der Waals surface area contributed by atoms with Gasteiger partial charge in [-0.25, -0.2) is 15.0 Å². The Kier molecular flexibility index (Phi) is 17.2. The molecule has 4 aromatic heterocycles. The van der Waals surface area contributed by atoms with Crippen molar-refractivity contribution in [2.24, 2.45) is 0 Å². The molecule has 0 atom stereocenters. The average Bonchev–Trinajstić information content (AvgIpc) is 3.19. The van der Waals surface area contributed by atoms with Gasteiger partial charge in [-0.3, -0.25) is 19.4 Å². The highest BCUT2D eigenvalue weighted by molar-refractivity contribution is 6.32. The minimum Gasteiger partial charge on any atom is -0.325 e. The van der Waals surface area contributed by atoms with Gasteiger partial charge in [-0.15, -0.1) is 0 Å². The first kappa shape index (κ1) is 45.3. The topological polar surface area (TPSA) is 153 Å². The summed E-state index contributed by atoms with van der Waals surface area (Å²) in [4.78, 5) is 55.2. The second-order valence-corrected chi connectivity index (χ2v) is 14.4. The van der Waals surface area contributed by atoms with Crippen LogP contribution in [0.3, 0.4) is 0 Å². The summed E-state index contributed by atoms with van der Waals surface area (Å²) in [6.45, 7) is 10.2. The van der Waals surface area contributed by atoms with E-state index in [2.05, 4.69) is 35.2 Å². The Morgan fingerprint density at radius 2 is 1.16 bits per heavy atom. The molecular formula is C41H38Cl5N9O3. The van der Waals surface area contributed by atoms with Crippen LogP contribution in [-0.2, 0) is 13.1 Å². The van der Waals surface area contributed by atoms with Gasteiger partial charge in [0.05, 0.1) is 6.54 Å². The highest BCUT2D eigenvalue weighted by Gasteiger charge is 2.10. The van der Waals surface area contributed by atoms with E-state index in [1.807, 2.05) is 103 Å². The van der Waals surface area contributed by atoms with Gasteiger partial charge >= 0.3 is 0 Å². The number of aryl methyl sites for hydroxylation is 4. The Labute approximate surface area is 359 Å². The normalized spacial score (nSPS) is 10.2. The molecule has 0 unspecified atom stereocenters. The molecular weight excluding hydrogens is 844 g/mol. The molecule has 7 aromatic rings. The van der Waals surface area contributed by atoms with E-state index >= 15 is 0 Å². The molecule has 0 radical (unpaired) electrons. The van der Waals surface area contributed by atoms with Crippen molar-refractivity contribution in [2.75, 3.05) is 5.32 Å². The van der Waals surface area contributed by atoms with Gasteiger partial charge in [-0.05, 0) is 98.2 Å². The zero-order valence-corrected chi connectivity index (χ0v) is 35.8. The van der Waals surface area contributed by atoms with Crippen LogP contribution in [-0.4, -0.2) is 39.0 Å². The Hall–Kier alpha value is -5.37. The van der Waals surface area contributed by atoms with E-state index in [1.165, 1.54) is 6.20 Å². The van der Waals surface area contributed by atoms with Crippen molar-refractivity contribution in [1.29, 1.82) is 0 Å². The predicted molar refractivity (Wildman–Crippen MR) is 233 cm³/mol. The summed E-state index contributed by atoms with van der Waals surface area (Å²) < 4.78 is 3.69. The molecule has 0 saturated heterocycles. The maximum absolute atomic E-state index is 12.0. The summed E-state index contributed by atoms with van der Waals surface area (Å²) in [6, 6.07) is 25.6. The Morgan fingerprint density at radius 3 is 1.71 bits per heavy atom. The van der Waals surface area contributed by atoms with Gasteiger partial charge in [0.2, 0.25) is 21.8 Å². The molecule has 0 fully saturated rings. The molecule has 7 rings (SSSR count). The maximum atomic E-state index is 12.0. The van der Waals surface area contributed by atoms with Gasteiger partial charge in [0.1, 0.15) is 5.15 Å². The number of anilines is 2. The molecule has 0 bridgehead atoms. The van der Waals surface area contributed by atoms with Gasteiger partial charge in [0, 0.05) is 64.3 Å². The number of H-pyrrole nitrogens is 1. The summed E-state index contributed by atoms with van der Waals surface area (Å²) in [6.07, 6.45) is 6.56. The second-order valence-electron chi connectivity index (χ2n) is 12.6. The van der Waals surface area contributed by atoms with Crippen LogP contribution in [0.1, 0.15) is 38.9 Å². The van der Waals surface area contributed by atoms with Crippen molar-refractivity contribution in [2.45, 2.75) is 47.7 Å². The van der Waals surface area contributed by atoms with Crippen molar-refractivity contribution in [3.05, 3.63) is 200 Å². The lowest BCUT2D eigenvalue weighted by Gasteiger charge is -2.16. The van der Waals surface area contributed by atoms with Crippen LogP contribution in [0.5, 0.6) is 0 Å². The summed E-state index contributed by atoms with van der Waals surface area (Å²) in [5, 5.41) is 4.86. The van der Waals surface area contributed by atoms with Crippen LogP contribution in [0, 0.1) is 34.6 Å². The first-order valence-electron chi connectivity index (χ1n) is 17.4. The zero-order chi connectivity index (χ0) is 42.4. The van der Waals surface area contributed by atoms with E-state index in [0.29, 0.717) is 45.9 Å². The standard InChI is InChI=1S/C19H18ClN3O.C12H11ClN2O.C5H4Cl2N2.C5H5ClN2O/c1-13-11-23(12-15-7-4-3-5-8-15)19(22-18(13)24)21-17-10-6-9-16(20)14(17)2;1-9-7-15(12(13)14-11(9)16)8-10-5-3-2-4-6-10;1-3-2-8-5(7)9-4(3)6;1-3-2-7-5(6)8-4(3)9/h3-11H,12H2,1-2H3,(H,21,22,24);2-7H,8H2,1H3;2H,1H3;2H,1H3,(H,7,8,9). The number of rotatable bonds is 6. The predicted octanol–water partition coefficient (Wildman–Crippen LogP) is 9.38. The van der Waals surface area contributed by atoms with Crippen LogP contribution in [0.15, 0.2) is 118 Å². The van der Waals surface area contributed by atoms with E-state index in [1.54, 1.807) is 37.7 Å². The quantitative estimate of drug-likeness (QED) is 0.123. The van der Waals surface area contributed by atoms with Crippen molar-refractivity contribution in [1.82, 2.24) is 39.0 Å². The van der Waals surface area contributed by atoms with Crippen LogP contribution >= 0.6 is 58.0 Å². The third-order valence-electron chi connectivity index (χ3n) is 8.02. The van der Waals surface area contributed by atoms with E-state index in [9.17, 15) is 14.4 Å². The van der Waals surface area contributed by atoms with Gasteiger partial charge in [-0.1, -0.05) is 89.9 Å². The molecule has 17 heteroatoms. The first-order chi connectivity index (χ1) is 27.6. The molecule has 4 heterocycles. The average molecular weight is 882 g/mol. The number of nitrogens with zero attached hydrogens (tertiary/aromatic N) is 7. The van der Waals surface area contributed by atoms with Gasteiger partial charge in [0.25, 0.3) is 16.7 Å². The Morgan fingerprint density at radius 1 is 0.603 bits per heavy atom. The highest BCUT2D eigenvalue weighted by Crippen LogP contribution is 2.25. The van der Waals surface area contributed by atoms with E-state index in [-0.39, 0.29) is 32.5 Å². The van der Waals surface area contributed by atoms with Crippen LogP contribution in [0.2, 0.25) is 26.0 Å². The number of aromatic amines is 1. The van der Waals surface area contributed by atoms with Crippen molar-refractivity contribution >= 4 is 69.6 Å². The number of benzene rings is 3. The molecule has 2 N–H and O–H groups in total. The van der Waals surface area contributed by atoms with Crippen LogP contribution in [0.25, 0.3) is 0 Å². The minimum atomic E-state index is -0.269. The number of halogens is 5. The smallest absolute Gasteiger partial charge is 0.277 e. The SMILES string of the molecule is Cc1c(Cl)cccc1Nc1nc(=O)c(C)cn1Cc1ccccc1.Cc1cn(Cc2ccccc2)c(Cl)nc1=O.Cc1cnc(Cl)[nH]c1=O.Cc1cnc(Cl)nc1Cl. The molecule has 0 spiro atoms.